The molecule has 1 atom stereocenters. The Labute approximate surface area is 136 Å². The van der Waals surface area contributed by atoms with Crippen molar-refractivity contribution in [3.8, 4) is 5.75 Å². The minimum Gasteiger partial charge on any atom is -0.495 e. The Bertz CT molecular complexity index is 448. The molecule has 0 heterocycles. The molecule has 1 aromatic carbocycles. The molecule has 0 aromatic heterocycles. The van der Waals surface area contributed by atoms with Crippen LogP contribution in [0.1, 0.15) is 52.1 Å². The van der Waals surface area contributed by atoms with Crippen LogP contribution in [0, 0.1) is 5.41 Å². The first-order valence-electron chi connectivity index (χ1n) is 7.13. The quantitative estimate of drug-likeness (QED) is 0.683. The van der Waals surface area contributed by atoms with Gasteiger partial charge in [-0.05, 0) is 52.9 Å². The van der Waals surface area contributed by atoms with Gasteiger partial charge in [0.2, 0.25) is 0 Å². The molecule has 2 nitrogen and oxygen atoms in total. The SMILES string of the molecule is CCCNC(c1cc(Cl)cc(Br)c1OC)C(C)(C)CC. The van der Waals surface area contributed by atoms with Crippen LogP contribution in [0.2, 0.25) is 5.02 Å². The van der Waals surface area contributed by atoms with Crippen LogP contribution in [0.25, 0.3) is 0 Å². The zero-order chi connectivity index (χ0) is 15.3. The van der Waals surface area contributed by atoms with Crippen LogP contribution >= 0.6 is 27.5 Å². The molecule has 20 heavy (non-hydrogen) atoms. The molecular formula is C16H25BrClNO. The predicted octanol–water partition coefficient (Wildman–Crippen LogP) is 5.59. The van der Waals surface area contributed by atoms with Crippen LogP contribution in [0.15, 0.2) is 16.6 Å². The van der Waals surface area contributed by atoms with Crippen LogP contribution in [0.5, 0.6) is 5.75 Å². The monoisotopic (exact) mass is 361 g/mol. The van der Waals surface area contributed by atoms with E-state index in [1.807, 2.05) is 12.1 Å². The van der Waals surface area contributed by atoms with E-state index < -0.39 is 0 Å². The fourth-order valence-electron chi connectivity index (χ4n) is 2.31. The Hall–Kier alpha value is -0.250. The zero-order valence-corrected chi connectivity index (χ0v) is 15.4. The van der Waals surface area contributed by atoms with Crippen LogP contribution in [0.4, 0.5) is 0 Å². The molecule has 0 radical (unpaired) electrons. The number of nitrogens with one attached hydrogen (secondary N) is 1. The number of rotatable bonds is 7. The number of hydrogen-bond acceptors (Lipinski definition) is 2. The molecule has 0 aliphatic rings. The molecule has 0 amide bonds. The Morgan fingerprint density at radius 1 is 1.35 bits per heavy atom. The fourth-order valence-corrected chi connectivity index (χ4v) is 3.31. The Morgan fingerprint density at radius 3 is 2.50 bits per heavy atom. The highest BCUT2D eigenvalue weighted by Gasteiger charge is 2.31. The summed E-state index contributed by atoms with van der Waals surface area (Å²) in [7, 11) is 1.70. The fraction of sp³-hybridized carbons (Fsp3) is 0.625. The maximum atomic E-state index is 6.24. The normalized spacial score (nSPS) is 13.3. The molecule has 0 saturated heterocycles. The van der Waals surface area contributed by atoms with Gasteiger partial charge in [-0.1, -0.05) is 39.3 Å². The van der Waals surface area contributed by atoms with Gasteiger partial charge in [0.1, 0.15) is 5.75 Å². The zero-order valence-electron chi connectivity index (χ0n) is 13.0. The highest BCUT2D eigenvalue weighted by Crippen LogP contribution is 2.43. The van der Waals surface area contributed by atoms with E-state index in [4.69, 9.17) is 16.3 Å². The van der Waals surface area contributed by atoms with Crippen molar-refractivity contribution in [1.82, 2.24) is 5.32 Å². The first kappa shape index (κ1) is 17.8. The van der Waals surface area contributed by atoms with E-state index in [0.29, 0.717) is 0 Å². The molecule has 1 aromatic rings. The van der Waals surface area contributed by atoms with E-state index in [1.165, 1.54) is 0 Å². The van der Waals surface area contributed by atoms with Gasteiger partial charge < -0.3 is 10.1 Å². The highest BCUT2D eigenvalue weighted by atomic mass is 79.9. The standard InChI is InChI=1S/C16H25BrClNO/c1-6-8-19-15(16(3,4)7-2)12-9-11(18)10-13(17)14(12)20-5/h9-10,15,19H,6-8H2,1-5H3. The first-order chi connectivity index (χ1) is 9.37. The van der Waals surface area contributed by atoms with Gasteiger partial charge in [-0.25, -0.2) is 0 Å². The van der Waals surface area contributed by atoms with Crippen LogP contribution in [-0.2, 0) is 0 Å². The smallest absolute Gasteiger partial charge is 0.137 e. The topological polar surface area (TPSA) is 21.3 Å². The van der Waals surface area contributed by atoms with E-state index in [0.717, 1.165) is 40.2 Å². The maximum absolute atomic E-state index is 6.24. The Kier molecular flexibility index (Phi) is 6.83. The van der Waals surface area contributed by atoms with Gasteiger partial charge in [-0.3, -0.25) is 0 Å². The van der Waals surface area contributed by atoms with Gasteiger partial charge in [-0.2, -0.15) is 0 Å². The number of hydrogen-bond donors (Lipinski definition) is 1. The molecule has 0 aliphatic carbocycles. The predicted molar refractivity (Wildman–Crippen MR) is 90.8 cm³/mol. The minimum absolute atomic E-state index is 0.118. The van der Waals surface area contributed by atoms with Crippen molar-refractivity contribution in [2.24, 2.45) is 5.41 Å². The van der Waals surface area contributed by atoms with Crippen molar-refractivity contribution in [2.75, 3.05) is 13.7 Å². The van der Waals surface area contributed by atoms with Crippen molar-refractivity contribution in [1.29, 1.82) is 0 Å². The van der Waals surface area contributed by atoms with E-state index in [2.05, 4.69) is 48.9 Å². The second kappa shape index (κ2) is 7.67. The van der Waals surface area contributed by atoms with Crippen molar-refractivity contribution in [3.05, 3.63) is 27.2 Å². The number of ether oxygens (including phenoxy) is 1. The molecule has 0 bridgehead atoms. The number of benzene rings is 1. The van der Waals surface area contributed by atoms with Gasteiger partial charge in [0, 0.05) is 16.6 Å². The Morgan fingerprint density at radius 2 is 2.00 bits per heavy atom. The lowest BCUT2D eigenvalue weighted by molar-refractivity contribution is 0.229. The van der Waals surface area contributed by atoms with Crippen LogP contribution < -0.4 is 10.1 Å². The van der Waals surface area contributed by atoms with E-state index in [1.54, 1.807) is 7.11 Å². The second-order valence-electron chi connectivity index (χ2n) is 5.74. The summed E-state index contributed by atoms with van der Waals surface area (Å²) in [6.07, 6.45) is 2.17. The lowest BCUT2D eigenvalue weighted by Crippen LogP contribution is -2.34. The molecule has 0 saturated carbocycles. The van der Waals surface area contributed by atoms with Gasteiger partial charge in [-0.15, -0.1) is 0 Å². The highest BCUT2D eigenvalue weighted by molar-refractivity contribution is 9.10. The van der Waals surface area contributed by atoms with E-state index in [9.17, 15) is 0 Å². The summed E-state index contributed by atoms with van der Waals surface area (Å²) in [5.41, 5.74) is 1.24. The van der Waals surface area contributed by atoms with Crippen molar-refractivity contribution in [2.45, 2.75) is 46.6 Å². The molecule has 4 heteroatoms. The largest absolute Gasteiger partial charge is 0.495 e. The number of methoxy groups -OCH3 is 1. The molecule has 0 aliphatic heterocycles. The molecular weight excluding hydrogens is 338 g/mol. The Balaban J connectivity index is 3.32. The summed E-state index contributed by atoms with van der Waals surface area (Å²) < 4.78 is 6.49. The van der Waals surface area contributed by atoms with Gasteiger partial charge in [0.15, 0.2) is 0 Å². The summed E-state index contributed by atoms with van der Waals surface area (Å²) in [5, 5.41) is 4.37. The second-order valence-corrected chi connectivity index (χ2v) is 7.03. The van der Waals surface area contributed by atoms with E-state index in [-0.39, 0.29) is 11.5 Å². The summed E-state index contributed by atoms with van der Waals surface area (Å²) >= 11 is 9.78. The molecule has 0 spiro atoms. The molecule has 1 N–H and O–H groups in total. The van der Waals surface area contributed by atoms with Crippen molar-refractivity contribution in [3.63, 3.8) is 0 Å². The molecule has 1 unspecified atom stereocenters. The first-order valence-corrected chi connectivity index (χ1v) is 8.30. The summed E-state index contributed by atoms with van der Waals surface area (Å²) in [6.45, 7) is 9.91. The van der Waals surface area contributed by atoms with Crippen LogP contribution in [0.3, 0.4) is 0 Å². The van der Waals surface area contributed by atoms with Gasteiger partial charge in [0.05, 0.1) is 11.6 Å². The molecule has 1 rings (SSSR count). The van der Waals surface area contributed by atoms with Crippen molar-refractivity contribution < 1.29 is 4.74 Å². The average Bonchev–Trinajstić information content (AvgIpc) is 2.38. The van der Waals surface area contributed by atoms with Crippen LogP contribution in [-0.4, -0.2) is 13.7 Å². The van der Waals surface area contributed by atoms with Crippen molar-refractivity contribution >= 4 is 27.5 Å². The van der Waals surface area contributed by atoms with E-state index >= 15 is 0 Å². The summed E-state index contributed by atoms with van der Waals surface area (Å²) in [6, 6.07) is 4.09. The molecule has 114 valence electrons. The molecule has 0 fully saturated rings. The summed E-state index contributed by atoms with van der Waals surface area (Å²) in [5.74, 6) is 0.865. The lowest BCUT2D eigenvalue weighted by atomic mass is 9.78. The third-order valence-corrected chi connectivity index (χ3v) is 4.65. The van der Waals surface area contributed by atoms with Gasteiger partial charge in [0.25, 0.3) is 0 Å². The number of halogens is 2. The maximum Gasteiger partial charge on any atom is 0.137 e. The third-order valence-electron chi connectivity index (χ3n) is 3.84. The van der Waals surface area contributed by atoms with Gasteiger partial charge >= 0.3 is 0 Å². The lowest BCUT2D eigenvalue weighted by Gasteiger charge is -2.36. The third kappa shape index (κ3) is 4.12. The average molecular weight is 363 g/mol. The minimum atomic E-state index is 0.118. The summed E-state index contributed by atoms with van der Waals surface area (Å²) in [4.78, 5) is 0.